The molecule has 13 heavy (non-hydrogen) atoms. The van der Waals surface area contributed by atoms with Crippen LogP contribution in [0, 0.1) is 17.3 Å². The lowest BCUT2D eigenvalue weighted by molar-refractivity contribution is 0.00722. The zero-order chi connectivity index (χ0) is 9.05. The summed E-state index contributed by atoms with van der Waals surface area (Å²) in [5.41, 5.74) is 1.85. The second kappa shape index (κ2) is 2.38. The van der Waals surface area contributed by atoms with Crippen LogP contribution < -0.4 is 0 Å². The average molecular weight is 178 g/mol. The van der Waals surface area contributed by atoms with E-state index in [1.807, 2.05) is 0 Å². The van der Waals surface area contributed by atoms with Crippen molar-refractivity contribution in [3.05, 3.63) is 12.2 Å². The van der Waals surface area contributed by atoms with Crippen molar-refractivity contribution in [3.8, 4) is 0 Å². The third kappa shape index (κ3) is 0.817. The van der Waals surface area contributed by atoms with Gasteiger partial charge in [-0.15, -0.1) is 0 Å². The number of hydrogen-bond donors (Lipinski definition) is 1. The van der Waals surface area contributed by atoms with Gasteiger partial charge < -0.3 is 5.11 Å². The van der Waals surface area contributed by atoms with E-state index in [9.17, 15) is 5.11 Å². The molecule has 0 aromatic rings. The van der Waals surface area contributed by atoms with Gasteiger partial charge in [0.05, 0.1) is 6.10 Å². The molecule has 3 rings (SSSR count). The summed E-state index contributed by atoms with van der Waals surface area (Å²) in [4.78, 5) is 0. The number of hydrogen-bond acceptors (Lipinski definition) is 1. The van der Waals surface area contributed by atoms with Gasteiger partial charge in [-0.2, -0.15) is 0 Å². The van der Waals surface area contributed by atoms with E-state index in [4.69, 9.17) is 0 Å². The van der Waals surface area contributed by atoms with Crippen molar-refractivity contribution >= 4 is 0 Å². The predicted octanol–water partition coefficient (Wildman–Crippen LogP) is 2.50. The Kier molecular flexibility index (Phi) is 1.48. The largest absolute Gasteiger partial charge is 0.392 e. The minimum absolute atomic E-state index is 0.0515. The van der Waals surface area contributed by atoms with E-state index in [0.29, 0.717) is 11.3 Å². The predicted molar refractivity (Wildman–Crippen MR) is 52.3 cm³/mol. The summed E-state index contributed by atoms with van der Waals surface area (Å²) in [5.74, 6) is 1.31. The van der Waals surface area contributed by atoms with Gasteiger partial charge in [-0.1, -0.05) is 25.0 Å². The molecule has 0 aromatic carbocycles. The van der Waals surface area contributed by atoms with Crippen molar-refractivity contribution in [2.75, 3.05) is 0 Å². The number of aliphatic hydroxyl groups excluding tert-OH is 1. The molecule has 72 valence electrons. The van der Waals surface area contributed by atoms with E-state index < -0.39 is 0 Å². The summed E-state index contributed by atoms with van der Waals surface area (Å²) in [7, 11) is 0. The van der Waals surface area contributed by atoms with Crippen molar-refractivity contribution in [3.63, 3.8) is 0 Å². The maximum atomic E-state index is 9.95. The van der Waals surface area contributed by atoms with Crippen LogP contribution in [-0.2, 0) is 0 Å². The standard InChI is InChI=1S/C12H18O/c1-8-7-12-5-3-2-4-9(12)6-10(13)11(8)12/h9-11,13H,1-7H2/t9-,10?,11+,12-/m1/s1. The van der Waals surface area contributed by atoms with E-state index in [1.165, 1.54) is 37.7 Å². The summed E-state index contributed by atoms with van der Waals surface area (Å²) >= 11 is 0. The van der Waals surface area contributed by atoms with Crippen LogP contribution in [0.2, 0.25) is 0 Å². The molecule has 0 amide bonds. The molecule has 0 aromatic heterocycles. The lowest BCUT2D eigenvalue weighted by Crippen LogP contribution is -2.46. The minimum atomic E-state index is -0.0515. The molecule has 3 fully saturated rings. The van der Waals surface area contributed by atoms with Crippen LogP contribution in [0.3, 0.4) is 0 Å². The average Bonchev–Trinajstić information content (AvgIpc) is 2.29. The molecule has 3 aliphatic rings. The monoisotopic (exact) mass is 178 g/mol. The molecular weight excluding hydrogens is 160 g/mol. The molecule has 0 heterocycles. The van der Waals surface area contributed by atoms with E-state index in [2.05, 4.69) is 6.58 Å². The summed E-state index contributed by atoms with van der Waals surface area (Å²) in [5, 5.41) is 9.95. The van der Waals surface area contributed by atoms with Crippen molar-refractivity contribution in [1.82, 2.24) is 0 Å². The molecular formula is C12H18O. The van der Waals surface area contributed by atoms with Crippen molar-refractivity contribution < 1.29 is 5.11 Å². The van der Waals surface area contributed by atoms with Crippen LogP contribution in [0.15, 0.2) is 12.2 Å². The van der Waals surface area contributed by atoms with Gasteiger partial charge in [-0.25, -0.2) is 0 Å². The third-order valence-electron chi connectivity index (χ3n) is 4.78. The van der Waals surface area contributed by atoms with Crippen LogP contribution in [0.5, 0.6) is 0 Å². The van der Waals surface area contributed by atoms with Gasteiger partial charge in [0.1, 0.15) is 0 Å². The number of rotatable bonds is 0. The fourth-order valence-corrected chi connectivity index (χ4v) is 4.33. The number of aliphatic hydroxyl groups is 1. The zero-order valence-corrected chi connectivity index (χ0v) is 8.13. The summed E-state index contributed by atoms with van der Waals surface area (Å²) in [6.45, 7) is 4.08. The fraction of sp³-hybridized carbons (Fsp3) is 0.833. The molecule has 0 radical (unpaired) electrons. The Morgan fingerprint density at radius 2 is 2.23 bits per heavy atom. The highest BCUT2D eigenvalue weighted by Crippen LogP contribution is 2.67. The lowest BCUT2D eigenvalue weighted by Gasteiger charge is -2.53. The maximum absolute atomic E-state index is 9.95. The van der Waals surface area contributed by atoms with E-state index in [0.717, 1.165) is 12.3 Å². The summed E-state index contributed by atoms with van der Waals surface area (Å²) in [6, 6.07) is 0. The van der Waals surface area contributed by atoms with Gasteiger partial charge in [0.2, 0.25) is 0 Å². The van der Waals surface area contributed by atoms with Crippen molar-refractivity contribution in [2.45, 2.75) is 44.6 Å². The zero-order valence-electron chi connectivity index (χ0n) is 8.13. The highest BCUT2D eigenvalue weighted by Gasteiger charge is 2.61. The van der Waals surface area contributed by atoms with Crippen molar-refractivity contribution in [1.29, 1.82) is 0 Å². The first-order chi connectivity index (χ1) is 6.24. The van der Waals surface area contributed by atoms with Gasteiger partial charge >= 0.3 is 0 Å². The quantitative estimate of drug-likeness (QED) is 0.565. The van der Waals surface area contributed by atoms with Gasteiger partial charge in [-0.05, 0) is 37.0 Å². The van der Waals surface area contributed by atoms with E-state index >= 15 is 0 Å². The highest BCUT2D eigenvalue weighted by atomic mass is 16.3. The lowest BCUT2D eigenvalue weighted by atomic mass is 9.51. The second-order valence-electron chi connectivity index (χ2n) is 5.29. The molecule has 1 heteroatoms. The van der Waals surface area contributed by atoms with Crippen LogP contribution in [0.1, 0.15) is 38.5 Å². The van der Waals surface area contributed by atoms with E-state index in [1.54, 1.807) is 0 Å². The molecule has 1 spiro atoms. The normalized spacial score (nSPS) is 53.9. The van der Waals surface area contributed by atoms with Gasteiger partial charge in [0.15, 0.2) is 0 Å². The molecule has 4 atom stereocenters. The summed E-state index contributed by atoms with van der Waals surface area (Å²) in [6.07, 6.45) is 7.72. The molecule has 1 unspecified atom stereocenters. The molecule has 3 aliphatic carbocycles. The van der Waals surface area contributed by atoms with Crippen LogP contribution in [-0.4, -0.2) is 11.2 Å². The first kappa shape index (κ1) is 8.05. The molecule has 0 aliphatic heterocycles. The second-order valence-corrected chi connectivity index (χ2v) is 5.29. The molecule has 1 nitrogen and oxygen atoms in total. The van der Waals surface area contributed by atoms with Crippen LogP contribution >= 0.6 is 0 Å². The van der Waals surface area contributed by atoms with Crippen molar-refractivity contribution in [2.24, 2.45) is 17.3 Å². The molecule has 1 N–H and O–H groups in total. The summed E-state index contributed by atoms with van der Waals surface area (Å²) < 4.78 is 0. The first-order valence-electron chi connectivity index (χ1n) is 5.60. The van der Waals surface area contributed by atoms with Gasteiger partial charge in [0, 0.05) is 5.92 Å². The Morgan fingerprint density at radius 1 is 1.38 bits per heavy atom. The highest BCUT2D eigenvalue weighted by molar-refractivity contribution is 5.28. The van der Waals surface area contributed by atoms with Crippen LogP contribution in [0.4, 0.5) is 0 Å². The Balaban J connectivity index is 1.94. The maximum Gasteiger partial charge on any atom is 0.0613 e. The van der Waals surface area contributed by atoms with E-state index in [-0.39, 0.29) is 6.10 Å². The van der Waals surface area contributed by atoms with Gasteiger partial charge in [-0.3, -0.25) is 0 Å². The SMILES string of the molecule is C=C1C[C@]23CCCC[C@@H]2CC(O)[C@H]13. The first-order valence-corrected chi connectivity index (χ1v) is 5.60. The smallest absolute Gasteiger partial charge is 0.0613 e. The Hall–Kier alpha value is -0.300. The fourth-order valence-electron chi connectivity index (χ4n) is 4.33. The minimum Gasteiger partial charge on any atom is -0.392 e. The molecule has 0 saturated heterocycles. The Morgan fingerprint density at radius 3 is 3.00 bits per heavy atom. The molecule has 0 bridgehead atoms. The Bertz CT molecular complexity index is 258. The molecule has 3 saturated carbocycles. The Labute approximate surface area is 79.8 Å². The van der Waals surface area contributed by atoms with Crippen LogP contribution in [0.25, 0.3) is 0 Å². The third-order valence-corrected chi connectivity index (χ3v) is 4.78. The van der Waals surface area contributed by atoms with Gasteiger partial charge in [0.25, 0.3) is 0 Å². The topological polar surface area (TPSA) is 20.2 Å².